The lowest BCUT2D eigenvalue weighted by molar-refractivity contribution is -0.116. The second-order valence-electron chi connectivity index (χ2n) is 6.58. The van der Waals surface area contributed by atoms with Crippen LogP contribution in [0.15, 0.2) is 53.4 Å². The normalized spacial score (nSPS) is 11.3. The molecule has 0 fully saturated rings. The van der Waals surface area contributed by atoms with Crippen molar-refractivity contribution in [2.24, 2.45) is 0 Å². The fourth-order valence-corrected chi connectivity index (χ4v) is 4.38. The number of aryl methyl sites for hydroxylation is 1. The maximum Gasteiger partial charge on any atom is 0.338 e. The number of sulfonamides is 1. The van der Waals surface area contributed by atoms with E-state index in [1.807, 2.05) is 0 Å². The smallest absolute Gasteiger partial charge is 0.338 e. The molecule has 0 atom stereocenters. The number of carbonyl (C=O) groups excluding carboxylic acids is 2. The molecule has 0 aliphatic heterocycles. The summed E-state index contributed by atoms with van der Waals surface area (Å²) in [7, 11) is -3.48. The molecule has 8 heteroatoms. The Balaban J connectivity index is 1.91. The largest absolute Gasteiger partial charge is 0.462 e. The average molecular weight is 433 g/mol. The highest BCUT2D eigenvalue weighted by Crippen LogP contribution is 2.17. The summed E-state index contributed by atoms with van der Waals surface area (Å²) >= 11 is 0. The molecule has 0 saturated heterocycles. The molecular weight excluding hydrogens is 404 g/mol. The molecule has 7 nitrogen and oxygen atoms in total. The van der Waals surface area contributed by atoms with E-state index in [4.69, 9.17) is 4.74 Å². The Hall–Kier alpha value is -2.71. The quantitative estimate of drug-likeness (QED) is 0.581. The van der Waals surface area contributed by atoms with Gasteiger partial charge in [-0.25, -0.2) is 13.2 Å². The van der Waals surface area contributed by atoms with Gasteiger partial charge in [-0.3, -0.25) is 4.79 Å². The highest BCUT2D eigenvalue weighted by atomic mass is 32.2. The first-order valence-corrected chi connectivity index (χ1v) is 11.4. The van der Waals surface area contributed by atoms with E-state index < -0.39 is 16.0 Å². The molecule has 0 aliphatic carbocycles. The summed E-state index contributed by atoms with van der Waals surface area (Å²) in [6.07, 6.45) is 0.736. The number of rotatable bonds is 10. The summed E-state index contributed by atoms with van der Waals surface area (Å²) < 4.78 is 31.4. The van der Waals surface area contributed by atoms with E-state index in [1.54, 1.807) is 69.3 Å². The average Bonchev–Trinajstić information content (AvgIpc) is 2.74. The van der Waals surface area contributed by atoms with Gasteiger partial charge in [0.05, 0.1) is 17.1 Å². The zero-order valence-corrected chi connectivity index (χ0v) is 18.4. The van der Waals surface area contributed by atoms with Crippen molar-refractivity contribution < 1.29 is 22.7 Å². The van der Waals surface area contributed by atoms with Crippen LogP contribution in [0.1, 0.15) is 43.1 Å². The lowest BCUT2D eigenvalue weighted by Crippen LogP contribution is -2.30. The molecule has 0 radical (unpaired) electrons. The molecule has 30 heavy (non-hydrogen) atoms. The van der Waals surface area contributed by atoms with Gasteiger partial charge in [-0.15, -0.1) is 0 Å². The summed E-state index contributed by atoms with van der Waals surface area (Å²) in [6, 6.07) is 13.1. The lowest BCUT2D eigenvalue weighted by Gasteiger charge is -2.18. The van der Waals surface area contributed by atoms with Crippen LogP contribution in [-0.4, -0.2) is 44.3 Å². The first-order chi connectivity index (χ1) is 14.3. The van der Waals surface area contributed by atoms with Crippen molar-refractivity contribution in [3.8, 4) is 0 Å². The van der Waals surface area contributed by atoms with Crippen LogP contribution in [-0.2, 0) is 26.0 Å². The molecule has 0 bridgehead atoms. The van der Waals surface area contributed by atoms with Crippen LogP contribution in [0.3, 0.4) is 0 Å². The summed E-state index contributed by atoms with van der Waals surface area (Å²) in [4.78, 5) is 24.1. The second-order valence-corrected chi connectivity index (χ2v) is 8.52. The number of hydrogen-bond acceptors (Lipinski definition) is 5. The number of nitrogens with one attached hydrogen (secondary N) is 1. The van der Waals surface area contributed by atoms with Gasteiger partial charge >= 0.3 is 5.97 Å². The van der Waals surface area contributed by atoms with E-state index in [9.17, 15) is 18.0 Å². The number of benzene rings is 2. The van der Waals surface area contributed by atoms with Crippen molar-refractivity contribution in [1.29, 1.82) is 0 Å². The highest BCUT2D eigenvalue weighted by molar-refractivity contribution is 7.89. The number of amides is 1. The van der Waals surface area contributed by atoms with Gasteiger partial charge in [0, 0.05) is 25.2 Å². The van der Waals surface area contributed by atoms with E-state index in [1.165, 1.54) is 4.31 Å². The van der Waals surface area contributed by atoms with E-state index in [2.05, 4.69) is 5.32 Å². The van der Waals surface area contributed by atoms with E-state index in [-0.39, 0.29) is 17.2 Å². The third kappa shape index (κ3) is 6.14. The number of anilines is 1. The summed E-state index contributed by atoms with van der Waals surface area (Å²) in [5.41, 5.74) is 1.89. The van der Waals surface area contributed by atoms with Gasteiger partial charge in [0.2, 0.25) is 15.9 Å². The van der Waals surface area contributed by atoms with Crippen LogP contribution < -0.4 is 5.32 Å². The summed E-state index contributed by atoms with van der Waals surface area (Å²) in [5, 5.41) is 2.78. The maximum atomic E-state index is 12.5. The molecule has 2 aromatic rings. The van der Waals surface area contributed by atoms with Crippen LogP contribution in [0.2, 0.25) is 0 Å². The van der Waals surface area contributed by atoms with Crippen molar-refractivity contribution in [3.63, 3.8) is 0 Å². The van der Waals surface area contributed by atoms with Crippen LogP contribution in [0.25, 0.3) is 0 Å². The minimum atomic E-state index is -3.48. The Labute approximate surface area is 178 Å². The van der Waals surface area contributed by atoms with Crippen LogP contribution in [0.5, 0.6) is 0 Å². The highest BCUT2D eigenvalue weighted by Gasteiger charge is 2.21. The Morgan fingerprint density at radius 1 is 0.933 bits per heavy atom. The van der Waals surface area contributed by atoms with Gasteiger partial charge in [-0.2, -0.15) is 4.31 Å². The van der Waals surface area contributed by atoms with Crippen LogP contribution >= 0.6 is 0 Å². The van der Waals surface area contributed by atoms with Gasteiger partial charge in [-0.1, -0.05) is 26.0 Å². The Bertz CT molecular complexity index is 950. The van der Waals surface area contributed by atoms with Crippen molar-refractivity contribution in [2.75, 3.05) is 25.0 Å². The van der Waals surface area contributed by atoms with Crippen LogP contribution in [0.4, 0.5) is 5.69 Å². The SMILES string of the molecule is CCOC(=O)c1ccc(NC(=O)CCc2ccc(S(=O)(=O)N(CC)CC)cc2)cc1. The molecule has 0 heterocycles. The van der Waals surface area contributed by atoms with E-state index in [0.29, 0.717) is 37.4 Å². The number of hydrogen-bond donors (Lipinski definition) is 1. The van der Waals surface area contributed by atoms with Crippen LogP contribution in [0, 0.1) is 0 Å². The summed E-state index contributed by atoms with van der Waals surface area (Å²) in [5.74, 6) is -0.569. The van der Waals surface area contributed by atoms with Crippen molar-refractivity contribution >= 4 is 27.6 Å². The number of nitrogens with zero attached hydrogens (tertiary/aromatic N) is 1. The molecule has 2 rings (SSSR count). The first-order valence-electron chi connectivity index (χ1n) is 9.97. The second kappa shape index (κ2) is 10.9. The zero-order chi connectivity index (χ0) is 22.1. The van der Waals surface area contributed by atoms with Gasteiger partial charge < -0.3 is 10.1 Å². The van der Waals surface area contributed by atoms with E-state index in [0.717, 1.165) is 5.56 Å². The zero-order valence-electron chi connectivity index (χ0n) is 17.6. The number of esters is 1. The molecule has 0 aliphatic rings. The molecule has 1 N–H and O–H groups in total. The first kappa shape index (κ1) is 23.6. The monoisotopic (exact) mass is 432 g/mol. The van der Waals surface area contributed by atoms with Gasteiger partial charge in [-0.05, 0) is 55.3 Å². The predicted octanol–water partition coefficient (Wildman–Crippen LogP) is 3.47. The molecule has 0 spiro atoms. The third-order valence-electron chi connectivity index (χ3n) is 4.59. The van der Waals surface area contributed by atoms with Crippen molar-refractivity contribution in [1.82, 2.24) is 4.31 Å². The Morgan fingerprint density at radius 3 is 2.07 bits per heavy atom. The minimum Gasteiger partial charge on any atom is -0.462 e. The minimum absolute atomic E-state index is 0.168. The lowest BCUT2D eigenvalue weighted by atomic mass is 10.1. The van der Waals surface area contributed by atoms with Crippen molar-refractivity contribution in [3.05, 3.63) is 59.7 Å². The van der Waals surface area contributed by atoms with E-state index >= 15 is 0 Å². The van der Waals surface area contributed by atoms with Gasteiger partial charge in [0.1, 0.15) is 0 Å². The topological polar surface area (TPSA) is 92.8 Å². The fourth-order valence-electron chi connectivity index (χ4n) is 2.93. The van der Waals surface area contributed by atoms with Gasteiger partial charge in [0.25, 0.3) is 0 Å². The molecule has 0 unspecified atom stereocenters. The maximum absolute atomic E-state index is 12.5. The molecule has 1 amide bonds. The molecule has 0 aromatic heterocycles. The van der Waals surface area contributed by atoms with Gasteiger partial charge in [0.15, 0.2) is 0 Å². The summed E-state index contributed by atoms with van der Waals surface area (Å²) in [6.45, 7) is 6.49. The third-order valence-corrected chi connectivity index (χ3v) is 6.65. The molecule has 162 valence electrons. The molecule has 2 aromatic carbocycles. The molecular formula is C22H28N2O5S. The molecule has 0 saturated carbocycles. The Morgan fingerprint density at radius 2 is 1.53 bits per heavy atom. The standard InChI is InChI=1S/C22H28N2O5S/c1-4-24(5-2)30(27,28)20-14-7-17(8-15-20)9-16-21(25)23-19-12-10-18(11-13-19)22(26)29-6-3/h7-8,10-15H,4-6,9,16H2,1-3H3,(H,23,25). The van der Waals surface area contributed by atoms with Crippen molar-refractivity contribution in [2.45, 2.75) is 38.5 Å². The number of ether oxygens (including phenoxy) is 1. The Kier molecular flexibility index (Phi) is 8.56. The number of carbonyl (C=O) groups is 2. The fraction of sp³-hybridized carbons (Fsp3) is 0.364. The predicted molar refractivity (Wildman–Crippen MR) is 116 cm³/mol.